The van der Waals surface area contributed by atoms with Crippen molar-refractivity contribution in [2.24, 2.45) is 0 Å². The molecule has 82 valence electrons. The van der Waals surface area contributed by atoms with Crippen LogP contribution in [0.4, 0.5) is 0 Å². The van der Waals surface area contributed by atoms with Crippen molar-refractivity contribution in [3.8, 4) is 11.4 Å². The second kappa shape index (κ2) is 4.22. The van der Waals surface area contributed by atoms with Gasteiger partial charge < -0.3 is 0 Å². The molecule has 4 heteroatoms. The van der Waals surface area contributed by atoms with Crippen molar-refractivity contribution in [1.82, 2.24) is 15.0 Å². The second-order valence-corrected chi connectivity index (χ2v) is 4.34. The molecular formula is C13H8BrN3. The van der Waals surface area contributed by atoms with E-state index < -0.39 is 0 Å². The molecule has 0 aliphatic carbocycles. The second-order valence-electron chi connectivity index (χ2n) is 3.59. The smallest absolute Gasteiger partial charge is 0.161 e. The van der Waals surface area contributed by atoms with Crippen LogP contribution in [0.15, 0.2) is 53.4 Å². The number of halogens is 1. The summed E-state index contributed by atoms with van der Waals surface area (Å²) in [6, 6.07) is 11.7. The first-order chi connectivity index (χ1) is 8.34. The number of pyridine rings is 1. The van der Waals surface area contributed by atoms with Crippen molar-refractivity contribution in [2.45, 2.75) is 0 Å². The van der Waals surface area contributed by atoms with Crippen LogP contribution in [-0.2, 0) is 0 Å². The lowest BCUT2D eigenvalue weighted by molar-refractivity contribution is 1.19. The summed E-state index contributed by atoms with van der Waals surface area (Å²) in [5.74, 6) is 0.706. The van der Waals surface area contributed by atoms with Gasteiger partial charge in [-0.15, -0.1) is 0 Å². The number of hydrogen-bond acceptors (Lipinski definition) is 3. The van der Waals surface area contributed by atoms with E-state index in [9.17, 15) is 0 Å². The zero-order valence-electron chi connectivity index (χ0n) is 8.84. The predicted octanol–water partition coefficient (Wildman–Crippen LogP) is 3.45. The highest BCUT2D eigenvalue weighted by Crippen LogP contribution is 2.24. The van der Waals surface area contributed by atoms with Gasteiger partial charge in [-0.25, -0.2) is 9.97 Å². The number of rotatable bonds is 1. The summed E-state index contributed by atoms with van der Waals surface area (Å²) in [6.45, 7) is 0. The highest BCUT2D eigenvalue weighted by molar-refractivity contribution is 9.10. The number of fused-ring (bicyclic) bond motifs is 1. The summed E-state index contributed by atoms with van der Waals surface area (Å²) in [7, 11) is 0. The monoisotopic (exact) mass is 285 g/mol. The molecule has 0 unspecified atom stereocenters. The van der Waals surface area contributed by atoms with Crippen LogP contribution < -0.4 is 0 Å². The normalized spacial score (nSPS) is 10.6. The number of aromatic nitrogens is 3. The van der Waals surface area contributed by atoms with Gasteiger partial charge in [-0.1, -0.05) is 18.2 Å². The largest absolute Gasteiger partial charge is 0.265 e. The lowest BCUT2D eigenvalue weighted by Gasteiger charge is -2.04. The third-order valence-electron chi connectivity index (χ3n) is 2.50. The molecule has 0 amide bonds. The summed E-state index contributed by atoms with van der Waals surface area (Å²) >= 11 is 3.48. The van der Waals surface area contributed by atoms with Gasteiger partial charge in [0.1, 0.15) is 4.60 Å². The first kappa shape index (κ1) is 10.4. The molecule has 3 nitrogen and oxygen atoms in total. The molecule has 0 fully saturated rings. The van der Waals surface area contributed by atoms with E-state index in [0.29, 0.717) is 5.82 Å². The van der Waals surface area contributed by atoms with Gasteiger partial charge in [0.2, 0.25) is 0 Å². The van der Waals surface area contributed by atoms with E-state index in [1.165, 1.54) is 0 Å². The minimum atomic E-state index is 0.706. The van der Waals surface area contributed by atoms with E-state index in [2.05, 4.69) is 30.9 Å². The van der Waals surface area contributed by atoms with Crippen molar-refractivity contribution in [3.63, 3.8) is 0 Å². The maximum absolute atomic E-state index is 4.54. The van der Waals surface area contributed by atoms with E-state index in [4.69, 9.17) is 0 Å². The Kier molecular flexibility index (Phi) is 2.57. The number of nitrogens with zero attached hydrogens (tertiary/aromatic N) is 3. The fraction of sp³-hybridized carbons (Fsp3) is 0. The van der Waals surface area contributed by atoms with Gasteiger partial charge in [0.05, 0.1) is 5.52 Å². The van der Waals surface area contributed by atoms with Crippen LogP contribution in [0, 0.1) is 0 Å². The average molecular weight is 286 g/mol. The molecule has 0 aliphatic rings. The lowest BCUT2D eigenvalue weighted by Crippen LogP contribution is -1.91. The Morgan fingerprint density at radius 3 is 2.47 bits per heavy atom. The Hall–Kier alpha value is -1.81. The third-order valence-corrected chi connectivity index (χ3v) is 3.10. The Balaban J connectivity index is 2.26. The molecule has 3 rings (SSSR count). The van der Waals surface area contributed by atoms with E-state index in [1.54, 1.807) is 12.4 Å². The quantitative estimate of drug-likeness (QED) is 0.643. The van der Waals surface area contributed by atoms with Gasteiger partial charge in [-0.2, -0.15) is 0 Å². The molecule has 3 aromatic rings. The van der Waals surface area contributed by atoms with Crippen molar-refractivity contribution in [2.75, 3.05) is 0 Å². The fourth-order valence-corrected chi connectivity index (χ4v) is 2.17. The molecule has 0 atom stereocenters. The molecule has 0 saturated heterocycles. The minimum Gasteiger partial charge on any atom is -0.265 e. The van der Waals surface area contributed by atoms with E-state index in [0.717, 1.165) is 21.1 Å². The van der Waals surface area contributed by atoms with Crippen LogP contribution in [0.2, 0.25) is 0 Å². The third kappa shape index (κ3) is 1.91. The minimum absolute atomic E-state index is 0.706. The zero-order valence-corrected chi connectivity index (χ0v) is 10.4. The first-order valence-electron chi connectivity index (χ1n) is 5.17. The molecule has 2 heterocycles. The van der Waals surface area contributed by atoms with Crippen LogP contribution in [-0.4, -0.2) is 15.0 Å². The summed E-state index contributed by atoms with van der Waals surface area (Å²) in [4.78, 5) is 13.0. The summed E-state index contributed by atoms with van der Waals surface area (Å²) in [6.07, 6.45) is 3.48. The number of para-hydroxylation sites is 1. The predicted molar refractivity (Wildman–Crippen MR) is 70.5 cm³/mol. The SMILES string of the molecule is Brc1nc(-c2ccncc2)nc2ccccc12. The highest BCUT2D eigenvalue weighted by Gasteiger charge is 2.06. The maximum atomic E-state index is 4.54. The Labute approximate surface area is 107 Å². The van der Waals surface area contributed by atoms with Crippen LogP contribution in [0.25, 0.3) is 22.3 Å². The van der Waals surface area contributed by atoms with Crippen molar-refractivity contribution >= 4 is 26.8 Å². The van der Waals surface area contributed by atoms with Crippen LogP contribution in [0.1, 0.15) is 0 Å². The first-order valence-corrected chi connectivity index (χ1v) is 5.96. The number of hydrogen-bond donors (Lipinski definition) is 0. The molecule has 0 saturated carbocycles. The molecule has 0 radical (unpaired) electrons. The molecule has 0 N–H and O–H groups in total. The lowest BCUT2D eigenvalue weighted by atomic mass is 10.2. The average Bonchev–Trinajstić information content (AvgIpc) is 2.40. The summed E-state index contributed by atoms with van der Waals surface area (Å²) in [5, 5.41) is 1.02. The summed E-state index contributed by atoms with van der Waals surface area (Å²) < 4.78 is 0.815. The van der Waals surface area contributed by atoms with Gasteiger partial charge in [0.25, 0.3) is 0 Å². The van der Waals surface area contributed by atoms with Crippen LogP contribution in [0.3, 0.4) is 0 Å². The van der Waals surface area contributed by atoms with Gasteiger partial charge >= 0.3 is 0 Å². The molecule has 0 spiro atoms. The van der Waals surface area contributed by atoms with Gasteiger partial charge in [0.15, 0.2) is 5.82 Å². The Morgan fingerprint density at radius 2 is 1.65 bits per heavy atom. The van der Waals surface area contributed by atoms with E-state index in [1.807, 2.05) is 36.4 Å². The van der Waals surface area contributed by atoms with Crippen molar-refractivity contribution < 1.29 is 0 Å². The number of benzene rings is 1. The topological polar surface area (TPSA) is 38.7 Å². The van der Waals surface area contributed by atoms with Crippen molar-refractivity contribution in [1.29, 1.82) is 0 Å². The fourth-order valence-electron chi connectivity index (χ4n) is 1.67. The van der Waals surface area contributed by atoms with Crippen LogP contribution >= 0.6 is 15.9 Å². The standard InChI is InChI=1S/C13H8BrN3/c14-12-10-3-1-2-4-11(10)16-13(17-12)9-5-7-15-8-6-9/h1-8H. The van der Waals surface area contributed by atoms with Gasteiger partial charge in [-0.05, 0) is 34.1 Å². The van der Waals surface area contributed by atoms with Gasteiger partial charge in [0, 0.05) is 23.3 Å². The van der Waals surface area contributed by atoms with Crippen LogP contribution in [0.5, 0.6) is 0 Å². The molecule has 2 aromatic heterocycles. The molecular weight excluding hydrogens is 278 g/mol. The molecule has 1 aromatic carbocycles. The summed E-state index contributed by atoms with van der Waals surface area (Å²) in [5.41, 5.74) is 1.90. The maximum Gasteiger partial charge on any atom is 0.161 e. The van der Waals surface area contributed by atoms with E-state index >= 15 is 0 Å². The Bertz CT molecular complexity index is 668. The zero-order chi connectivity index (χ0) is 11.7. The van der Waals surface area contributed by atoms with Crippen molar-refractivity contribution in [3.05, 3.63) is 53.4 Å². The Morgan fingerprint density at radius 1 is 0.882 bits per heavy atom. The molecule has 17 heavy (non-hydrogen) atoms. The highest BCUT2D eigenvalue weighted by atomic mass is 79.9. The molecule has 0 aliphatic heterocycles. The molecule has 0 bridgehead atoms. The van der Waals surface area contributed by atoms with Gasteiger partial charge in [-0.3, -0.25) is 4.98 Å². The van der Waals surface area contributed by atoms with E-state index in [-0.39, 0.29) is 0 Å².